The summed E-state index contributed by atoms with van der Waals surface area (Å²) in [6.07, 6.45) is 0.788. The van der Waals surface area contributed by atoms with Crippen molar-refractivity contribution in [3.8, 4) is 0 Å². The number of anilines is 1. The van der Waals surface area contributed by atoms with Gasteiger partial charge in [-0.3, -0.25) is 9.59 Å². The van der Waals surface area contributed by atoms with E-state index in [1.54, 1.807) is 0 Å². The van der Waals surface area contributed by atoms with Gasteiger partial charge in [0.2, 0.25) is 11.8 Å². The molecule has 2 amide bonds. The van der Waals surface area contributed by atoms with E-state index in [4.69, 9.17) is 0 Å². The minimum absolute atomic E-state index is 0.0827. The van der Waals surface area contributed by atoms with Gasteiger partial charge in [-0.2, -0.15) is 5.10 Å². The molecule has 0 fully saturated rings. The van der Waals surface area contributed by atoms with Crippen molar-refractivity contribution < 1.29 is 9.59 Å². The Labute approximate surface area is 210 Å². The molecule has 7 heteroatoms. The number of hydrazone groups is 1. The van der Waals surface area contributed by atoms with E-state index < -0.39 is 0 Å². The summed E-state index contributed by atoms with van der Waals surface area (Å²) in [5.41, 5.74) is 4.67. The third-order valence-electron chi connectivity index (χ3n) is 5.48. The van der Waals surface area contributed by atoms with E-state index in [-0.39, 0.29) is 30.7 Å². The number of carbonyl (C=O) groups excluding carboxylic acids is 2. The van der Waals surface area contributed by atoms with Crippen molar-refractivity contribution in [1.82, 2.24) is 5.01 Å². The third-order valence-corrected chi connectivity index (χ3v) is 6.50. The Morgan fingerprint density at radius 3 is 2.39 bits per heavy atom. The van der Waals surface area contributed by atoms with Crippen LogP contribution in [0.4, 0.5) is 5.69 Å². The largest absolute Gasteiger partial charge is 0.326 e. The second-order valence-corrected chi connectivity index (χ2v) is 9.81. The van der Waals surface area contributed by atoms with E-state index in [9.17, 15) is 9.59 Å². The number of rotatable bonds is 6. The maximum absolute atomic E-state index is 13.2. The summed E-state index contributed by atoms with van der Waals surface area (Å²) < 4.78 is 1.93. The molecule has 168 valence electrons. The molecule has 0 saturated carbocycles. The quantitative estimate of drug-likeness (QED) is 0.363. The Morgan fingerprint density at radius 2 is 1.70 bits per heavy atom. The van der Waals surface area contributed by atoms with Crippen molar-refractivity contribution in [2.24, 2.45) is 5.10 Å². The standard InChI is InChI=1S/C26H23Br2N3O2/c1-17-5-11-22(12-6-17)29-25(32)13-14-26(33)31-24(19-3-2-4-21(28)15-19)16-23(30-31)18-7-9-20(27)10-8-18/h2-12,15,24H,13-14,16H2,1H3,(H,29,32). The van der Waals surface area contributed by atoms with Gasteiger partial charge in [-0.05, 0) is 54.4 Å². The molecule has 0 spiro atoms. The van der Waals surface area contributed by atoms with Crippen LogP contribution in [0, 0.1) is 6.92 Å². The summed E-state index contributed by atoms with van der Waals surface area (Å²) in [7, 11) is 0. The number of carbonyl (C=O) groups is 2. The molecule has 1 unspecified atom stereocenters. The van der Waals surface area contributed by atoms with E-state index >= 15 is 0 Å². The van der Waals surface area contributed by atoms with E-state index in [1.807, 2.05) is 79.7 Å². The van der Waals surface area contributed by atoms with E-state index in [1.165, 1.54) is 5.01 Å². The van der Waals surface area contributed by atoms with Crippen LogP contribution in [-0.2, 0) is 9.59 Å². The maximum atomic E-state index is 13.2. The highest BCUT2D eigenvalue weighted by molar-refractivity contribution is 9.10. The molecule has 1 aliphatic rings. The molecule has 0 saturated heterocycles. The average molecular weight is 569 g/mol. The van der Waals surface area contributed by atoms with Crippen molar-refractivity contribution in [2.75, 3.05) is 5.32 Å². The molecule has 0 bridgehead atoms. The monoisotopic (exact) mass is 567 g/mol. The first-order chi connectivity index (χ1) is 15.9. The number of aryl methyl sites for hydroxylation is 1. The first-order valence-electron chi connectivity index (χ1n) is 10.7. The van der Waals surface area contributed by atoms with E-state index in [0.717, 1.165) is 37.0 Å². The molecule has 5 nitrogen and oxygen atoms in total. The SMILES string of the molecule is Cc1ccc(NC(=O)CCC(=O)N2N=C(c3ccc(Br)cc3)CC2c2cccc(Br)c2)cc1. The molecule has 3 aromatic rings. The summed E-state index contributed by atoms with van der Waals surface area (Å²) in [6.45, 7) is 1.99. The minimum atomic E-state index is -0.214. The molecule has 1 N–H and O–H groups in total. The van der Waals surface area contributed by atoms with Crippen LogP contribution in [0.5, 0.6) is 0 Å². The fraction of sp³-hybridized carbons (Fsp3) is 0.192. The fourth-order valence-electron chi connectivity index (χ4n) is 3.73. The lowest BCUT2D eigenvalue weighted by molar-refractivity contribution is -0.134. The van der Waals surface area contributed by atoms with Gasteiger partial charge in [0, 0.05) is 33.9 Å². The molecule has 3 aromatic carbocycles. The van der Waals surface area contributed by atoms with Crippen molar-refractivity contribution in [1.29, 1.82) is 0 Å². The van der Waals surface area contributed by atoms with Gasteiger partial charge in [-0.25, -0.2) is 5.01 Å². The van der Waals surface area contributed by atoms with Gasteiger partial charge in [0.25, 0.3) is 0 Å². The van der Waals surface area contributed by atoms with Crippen LogP contribution in [0.2, 0.25) is 0 Å². The molecule has 1 aliphatic heterocycles. The van der Waals surface area contributed by atoms with Gasteiger partial charge in [0.1, 0.15) is 0 Å². The number of benzene rings is 3. The first kappa shape index (κ1) is 23.4. The molecular weight excluding hydrogens is 546 g/mol. The lowest BCUT2D eigenvalue weighted by Crippen LogP contribution is -2.28. The molecule has 4 rings (SSSR count). The Morgan fingerprint density at radius 1 is 0.970 bits per heavy atom. The van der Waals surface area contributed by atoms with Gasteiger partial charge in [-0.1, -0.05) is 73.8 Å². The highest BCUT2D eigenvalue weighted by Crippen LogP contribution is 2.34. The second kappa shape index (κ2) is 10.4. The van der Waals surface area contributed by atoms with Crippen molar-refractivity contribution in [3.05, 3.63) is 98.4 Å². The normalized spacial score (nSPS) is 15.3. The fourth-order valence-corrected chi connectivity index (χ4v) is 4.41. The molecule has 1 heterocycles. The van der Waals surface area contributed by atoms with Crippen LogP contribution in [0.3, 0.4) is 0 Å². The Balaban J connectivity index is 1.49. The lowest BCUT2D eigenvalue weighted by Gasteiger charge is -2.22. The zero-order valence-electron chi connectivity index (χ0n) is 18.1. The number of nitrogens with zero attached hydrogens (tertiary/aromatic N) is 2. The Hall–Kier alpha value is -2.77. The first-order valence-corrected chi connectivity index (χ1v) is 12.2. The molecule has 0 aliphatic carbocycles. The molecule has 33 heavy (non-hydrogen) atoms. The topological polar surface area (TPSA) is 61.8 Å². The number of nitrogens with one attached hydrogen (secondary N) is 1. The summed E-state index contributed by atoms with van der Waals surface area (Å²) in [6, 6.07) is 23.2. The molecular formula is C26H23Br2N3O2. The summed E-state index contributed by atoms with van der Waals surface area (Å²) in [5, 5.41) is 9.07. The van der Waals surface area contributed by atoms with Crippen LogP contribution in [0.25, 0.3) is 0 Å². The molecule has 0 aromatic heterocycles. The van der Waals surface area contributed by atoms with Crippen LogP contribution in [-0.4, -0.2) is 22.5 Å². The van der Waals surface area contributed by atoms with Crippen molar-refractivity contribution in [3.63, 3.8) is 0 Å². The average Bonchev–Trinajstić information content (AvgIpc) is 3.25. The number of halogens is 2. The number of hydrogen-bond acceptors (Lipinski definition) is 3. The van der Waals surface area contributed by atoms with Crippen LogP contribution in [0.15, 0.2) is 86.8 Å². The minimum Gasteiger partial charge on any atom is -0.326 e. The second-order valence-electron chi connectivity index (χ2n) is 7.98. The number of amides is 2. The van der Waals surface area contributed by atoms with Crippen LogP contribution < -0.4 is 5.32 Å². The molecule has 0 radical (unpaired) electrons. The van der Waals surface area contributed by atoms with Gasteiger partial charge < -0.3 is 5.32 Å². The van der Waals surface area contributed by atoms with Crippen LogP contribution in [0.1, 0.15) is 42.0 Å². The molecule has 1 atom stereocenters. The number of hydrogen-bond donors (Lipinski definition) is 1. The highest BCUT2D eigenvalue weighted by atomic mass is 79.9. The van der Waals surface area contributed by atoms with Crippen LogP contribution >= 0.6 is 31.9 Å². The summed E-state index contributed by atoms with van der Waals surface area (Å²) >= 11 is 6.98. The smallest absolute Gasteiger partial charge is 0.243 e. The van der Waals surface area contributed by atoms with Gasteiger partial charge in [0.15, 0.2) is 0 Å². The zero-order chi connectivity index (χ0) is 23.4. The van der Waals surface area contributed by atoms with Gasteiger partial charge >= 0.3 is 0 Å². The van der Waals surface area contributed by atoms with E-state index in [2.05, 4.69) is 42.3 Å². The van der Waals surface area contributed by atoms with Crippen molar-refractivity contribution >= 4 is 55.1 Å². The summed E-state index contributed by atoms with van der Waals surface area (Å²) in [5.74, 6) is -0.367. The maximum Gasteiger partial charge on any atom is 0.243 e. The zero-order valence-corrected chi connectivity index (χ0v) is 21.3. The Kier molecular flexibility index (Phi) is 7.40. The predicted octanol–water partition coefficient (Wildman–Crippen LogP) is 6.62. The van der Waals surface area contributed by atoms with Gasteiger partial charge in [-0.15, -0.1) is 0 Å². The lowest BCUT2D eigenvalue weighted by atomic mass is 9.98. The third kappa shape index (κ3) is 5.97. The highest BCUT2D eigenvalue weighted by Gasteiger charge is 2.33. The van der Waals surface area contributed by atoms with Crippen molar-refractivity contribution in [2.45, 2.75) is 32.2 Å². The Bertz CT molecular complexity index is 1190. The van der Waals surface area contributed by atoms with Gasteiger partial charge in [0.05, 0.1) is 11.8 Å². The summed E-state index contributed by atoms with van der Waals surface area (Å²) in [4.78, 5) is 25.6. The predicted molar refractivity (Wildman–Crippen MR) is 138 cm³/mol. The van der Waals surface area contributed by atoms with E-state index in [0.29, 0.717) is 6.42 Å².